The highest BCUT2D eigenvalue weighted by atomic mass is 127. The third-order valence-corrected chi connectivity index (χ3v) is 3.43. The molecule has 0 aliphatic heterocycles. The van der Waals surface area contributed by atoms with Crippen molar-refractivity contribution in [1.29, 1.82) is 0 Å². The van der Waals surface area contributed by atoms with E-state index in [2.05, 4.69) is 43.5 Å². The fourth-order valence-electron chi connectivity index (χ4n) is 0.994. The molecular weight excluding hydrogens is 355 g/mol. The quantitative estimate of drug-likeness (QED) is 0.576. The number of halogens is 4. The molecule has 0 saturated carbocycles. The minimum Gasteiger partial charge on any atom is -0.254 e. The second-order valence-corrected chi connectivity index (χ2v) is 4.25. The molecule has 1 aromatic heterocycles. The van der Waals surface area contributed by atoms with Crippen molar-refractivity contribution in [1.82, 2.24) is 4.98 Å². The van der Waals surface area contributed by atoms with E-state index in [1.165, 1.54) is 6.20 Å². The van der Waals surface area contributed by atoms with E-state index in [1.807, 2.05) is 6.92 Å². The molecule has 0 aliphatic carbocycles. The lowest BCUT2D eigenvalue weighted by molar-refractivity contribution is 0.145. The number of nitrogens with zero attached hydrogens (tertiary/aromatic N) is 1. The summed E-state index contributed by atoms with van der Waals surface area (Å²) in [5.41, 5.74) is 1.36. The van der Waals surface area contributed by atoms with Crippen LogP contribution in [-0.2, 0) is 5.33 Å². The molecule has 0 radical (unpaired) electrons. The van der Waals surface area contributed by atoms with Gasteiger partial charge in [0.15, 0.2) is 0 Å². The molecule has 72 valence electrons. The Morgan fingerprint density at radius 1 is 1.62 bits per heavy atom. The first kappa shape index (κ1) is 11.3. The molecule has 0 saturated heterocycles. The normalized spacial score (nSPS) is 10.9. The van der Waals surface area contributed by atoms with Gasteiger partial charge in [-0.2, -0.15) is 0 Å². The number of hydrogen-bond acceptors (Lipinski definition) is 1. The third-order valence-electron chi connectivity index (χ3n) is 1.78. The zero-order chi connectivity index (χ0) is 10.0. The number of pyridine rings is 1. The predicted octanol–water partition coefficient (Wildman–Crippen LogP) is 3.83. The fourth-order valence-corrected chi connectivity index (χ4v) is 2.17. The SMILES string of the molecule is Cc1c(I)cnc(C(F)F)c1CBr. The van der Waals surface area contributed by atoms with Gasteiger partial charge >= 0.3 is 0 Å². The average Bonchev–Trinajstić information content (AvgIpc) is 2.09. The summed E-state index contributed by atoms with van der Waals surface area (Å²) in [7, 11) is 0. The zero-order valence-corrected chi connectivity index (χ0v) is 10.6. The Kier molecular flexibility index (Phi) is 4.03. The molecule has 1 aromatic rings. The number of hydrogen-bond donors (Lipinski definition) is 0. The van der Waals surface area contributed by atoms with E-state index in [9.17, 15) is 8.78 Å². The lowest BCUT2D eigenvalue weighted by atomic mass is 10.1. The first-order valence-electron chi connectivity index (χ1n) is 3.56. The van der Waals surface area contributed by atoms with Crippen LogP contribution in [0.15, 0.2) is 6.20 Å². The number of alkyl halides is 3. The van der Waals surface area contributed by atoms with Crippen molar-refractivity contribution in [2.24, 2.45) is 0 Å². The molecule has 1 nitrogen and oxygen atoms in total. The summed E-state index contributed by atoms with van der Waals surface area (Å²) in [6.45, 7) is 1.83. The van der Waals surface area contributed by atoms with E-state index in [4.69, 9.17) is 0 Å². The molecule has 0 aliphatic rings. The molecule has 5 heteroatoms. The summed E-state index contributed by atoms with van der Waals surface area (Å²) in [5.74, 6) is 0. The Labute approximate surface area is 97.2 Å². The second kappa shape index (κ2) is 4.63. The van der Waals surface area contributed by atoms with E-state index >= 15 is 0 Å². The zero-order valence-electron chi connectivity index (χ0n) is 6.82. The highest BCUT2D eigenvalue weighted by molar-refractivity contribution is 14.1. The molecule has 0 fully saturated rings. The summed E-state index contributed by atoms with van der Waals surface area (Å²) < 4.78 is 25.8. The molecule has 0 unspecified atom stereocenters. The summed E-state index contributed by atoms with van der Waals surface area (Å²) in [6, 6.07) is 0. The van der Waals surface area contributed by atoms with Crippen molar-refractivity contribution in [3.63, 3.8) is 0 Å². The average molecular weight is 362 g/mol. The van der Waals surface area contributed by atoms with Crippen molar-refractivity contribution in [2.45, 2.75) is 18.7 Å². The predicted molar refractivity (Wildman–Crippen MR) is 59.3 cm³/mol. The van der Waals surface area contributed by atoms with Crippen LogP contribution < -0.4 is 0 Å². The van der Waals surface area contributed by atoms with Crippen molar-refractivity contribution in [3.8, 4) is 0 Å². The van der Waals surface area contributed by atoms with Crippen LogP contribution in [0.5, 0.6) is 0 Å². The van der Waals surface area contributed by atoms with Crippen LogP contribution in [0, 0.1) is 10.5 Å². The van der Waals surface area contributed by atoms with E-state index < -0.39 is 6.43 Å². The van der Waals surface area contributed by atoms with E-state index in [0.717, 1.165) is 9.13 Å². The van der Waals surface area contributed by atoms with Gasteiger partial charge < -0.3 is 0 Å². The molecule has 0 N–H and O–H groups in total. The third kappa shape index (κ3) is 2.37. The molecule has 0 spiro atoms. The van der Waals surface area contributed by atoms with Gasteiger partial charge in [0.25, 0.3) is 6.43 Å². The molecule has 1 heterocycles. The first-order valence-corrected chi connectivity index (χ1v) is 5.76. The Hall–Kier alpha value is 0.220. The molecule has 0 atom stereocenters. The van der Waals surface area contributed by atoms with Crippen LogP contribution >= 0.6 is 38.5 Å². The fraction of sp³-hybridized carbons (Fsp3) is 0.375. The Balaban J connectivity index is 3.30. The van der Waals surface area contributed by atoms with Crippen molar-refractivity contribution in [3.05, 3.63) is 26.6 Å². The van der Waals surface area contributed by atoms with Crippen molar-refractivity contribution < 1.29 is 8.78 Å². The van der Waals surface area contributed by atoms with Crippen LogP contribution in [0.25, 0.3) is 0 Å². The van der Waals surface area contributed by atoms with Crippen LogP contribution in [0.3, 0.4) is 0 Å². The lowest BCUT2D eigenvalue weighted by Gasteiger charge is -2.09. The molecule has 0 amide bonds. The lowest BCUT2D eigenvalue weighted by Crippen LogP contribution is -2.01. The Morgan fingerprint density at radius 2 is 2.23 bits per heavy atom. The summed E-state index contributed by atoms with van der Waals surface area (Å²) in [4.78, 5) is 3.72. The molecular formula is C8H7BrF2IN. The minimum atomic E-state index is -2.50. The second-order valence-electron chi connectivity index (χ2n) is 2.53. The van der Waals surface area contributed by atoms with E-state index in [1.54, 1.807) is 0 Å². The van der Waals surface area contributed by atoms with Gasteiger partial charge in [-0.25, -0.2) is 8.78 Å². The Morgan fingerprint density at radius 3 is 2.69 bits per heavy atom. The summed E-state index contributed by atoms with van der Waals surface area (Å²) in [5, 5.41) is 0.419. The van der Waals surface area contributed by atoms with Crippen LogP contribution in [0.1, 0.15) is 23.2 Å². The monoisotopic (exact) mass is 361 g/mol. The molecule has 0 aromatic carbocycles. The molecule has 1 rings (SSSR count). The topological polar surface area (TPSA) is 12.9 Å². The van der Waals surface area contributed by atoms with Crippen LogP contribution in [0.2, 0.25) is 0 Å². The number of rotatable bonds is 2. The largest absolute Gasteiger partial charge is 0.280 e. The van der Waals surface area contributed by atoms with Crippen molar-refractivity contribution >= 4 is 38.5 Å². The van der Waals surface area contributed by atoms with Gasteiger partial charge in [-0.05, 0) is 40.6 Å². The van der Waals surface area contributed by atoms with E-state index in [0.29, 0.717) is 10.9 Å². The van der Waals surface area contributed by atoms with Gasteiger partial charge in [-0.15, -0.1) is 0 Å². The van der Waals surface area contributed by atoms with Crippen LogP contribution in [-0.4, -0.2) is 4.98 Å². The maximum Gasteiger partial charge on any atom is 0.280 e. The van der Waals surface area contributed by atoms with Gasteiger partial charge in [0.1, 0.15) is 5.69 Å². The maximum atomic E-state index is 12.4. The summed E-state index contributed by atoms with van der Waals surface area (Å²) in [6.07, 6.45) is -1.02. The highest BCUT2D eigenvalue weighted by Crippen LogP contribution is 2.27. The maximum absolute atomic E-state index is 12.4. The van der Waals surface area contributed by atoms with Crippen molar-refractivity contribution in [2.75, 3.05) is 0 Å². The highest BCUT2D eigenvalue weighted by Gasteiger charge is 2.16. The van der Waals surface area contributed by atoms with Gasteiger partial charge in [0.05, 0.1) is 0 Å². The van der Waals surface area contributed by atoms with Gasteiger partial charge in [-0.1, -0.05) is 15.9 Å². The molecule has 13 heavy (non-hydrogen) atoms. The van der Waals surface area contributed by atoms with Gasteiger partial charge in [-0.3, -0.25) is 4.98 Å². The Bertz CT molecular complexity index is 317. The smallest absolute Gasteiger partial charge is 0.254 e. The van der Waals surface area contributed by atoms with Gasteiger partial charge in [0.2, 0.25) is 0 Å². The van der Waals surface area contributed by atoms with Gasteiger partial charge in [0, 0.05) is 15.1 Å². The van der Waals surface area contributed by atoms with Crippen LogP contribution in [0.4, 0.5) is 8.78 Å². The first-order chi connectivity index (χ1) is 6.07. The standard InChI is InChI=1S/C8H7BrF2IN/c1-4-5(2-9)7(8(10)11)13-3-6(4)12/h3,8H,2H2,1H3. The minimum absolute atomic E-state index is 0.116. The number of aromatic nitrogens is 1. The summed E-state index contributed by atoms with van der Waals surface area (Å²) >= 11 is 5.27. The molecule has 0 bridgehead atoms. The van der Waals surface area contributed by atoms with E-state index in [-0.39, 0.29) is 5.69 Å².